The first-order valence-electron chi connectivity index (χ1n) is 11.4. The Morgan fingerprint density at radius 1 is 1.03 bits per heavy atom. The van der Waals surface area contributed by atoms with Gasteiger partial charge in [-0.15, -0.1) is 0 Å². The molecule has 174 valence electrons. The Morgan fingerprint density at radius 3 is 2.55 bits per heavy atom. The summed E-state index contributed by atoms with van der Waals surface area (Å²) < 4.78 is 16.8. The van der Waals surface area contributed by atoms with E-state index in [1.165, 1.54) is 6.26 Å². The quantitative estimate of drug-likeness (QED) is 0.465. The van der Waals surface area contributed by atoms with Crippen LogP contribution < -0.4 is 0 Å². The van der Waals surface area contributed by atoms with Crippen LogP contribution in [-0.2, 0) is 22.5 Å². The highest BCUT2D eigenvalue weighted by atomic mass is 16.5. The van der Waals surface area contributed by atoms with Crippen LogP contribution in [0.15, 0.2) is 69.7 Å². The fourth-order valence-electron chi connectivity index (χ4n) is 4.03. The van der Waals surface area contributed by atoms with Crippen molar-refractivity contribution in [2.24, 2.45) is 0 Å². The maximum absolute atomic E-state index is 13.5. The van der Waals surface area contributed by atoms with Crippen LogP contribution in [0.1, 0.15) is 40.5 Å². The molecule has 0 N–H and O–H groups in total. The molecule has 33 heavy (non-hydrogen) atoms. The predicted molar refractivity (Wildman–Crippen MR) is 123 cm³/mol. The number of aryl methyl sites for hydroxylation is 1. The molecule has 1 aromatic carbocycles. The molecule has 1 aliphatic rings. The normalized spacial score (nSPS) is 15.5. The maximum atomic E-state index is 13.5. The van der Waals surface area contributed by atoms with Crippen molar-refractivity contribution in [3.8, 4) is 0 Å². The zero-order valence-electron chi connectivity index (χ0n) is 18.9. The zero-order chi connectivity index (χ0) is 23.0. The van der Waals surface area contributed by atoms with E-state index in [0.29, 0.717) is 32.7 Å². The monoisotopic (exact) mass is 450 g/mol. The van der Waals surface area contributed by atoms with E-state index >= 15 is 0 Å². The number of carbonyl (C=O) groups is 2. The summed E-state index contributed by atoms with van der Waals surface area (Å²) in [7, 11) is 0. The van der Waals surface area contributed by atoms with Crippen molar-refractivity contribution in [2.75, 3.05) is 26.2 Å². The minimum absolute atomic E-state index is 0.0477. The number of ether oxygens (including phenoxy) is 1. The maximum Gasteiger partial charge on any atom is 0.290 e. The molecule has 1 aliphatic heterocycles. The van der Waals surface area contributed by atoms with Crippen LogP contribution in [0.3, 0.4) is 0 Å². The summed E-state index contributed by atoms with van der Waals surface area (Å²) in [6.45, 7) is 3.74. The molecule has 7 heteroatoms. The molecular weight excluding hydrogens is 420 g/mol. The third-order valence-corrected chi connectivity index (χ3v) is 5.80. The minimum Gasteiger partial charge on any atom is -0.464 e. The number of rotatable bonds is 10. The summed E-state index contributed by atoms with van der Waals surface area (Å²) in [6.07, 6.45) is 3.94. The third-order valence-electron chi connectivity index (χ3n) is 5.80. The molecule has 0 unspecified atom stereocenters. The van der Waals surface area contributed by atoms with Gasteiger partial charge in [-0.1, -0.05) is 30.3 Å². The fraction of sp³-hybridized carbons (Fsp3) is 0.385. The molecule has 2 aromatic heterocycles. The number of nitrogens with zero attached hydrogens (tertiary/aromatic N) is 2. The Labute approximate surface area is 193 Å². The molecule has 1 saturated heterocycles. The standard InChI is InChI=1S/C26H30N2O5/c1-20-11-12-23(33-20)18-27(14-13-21-7-3-2-4-8-21)25(29)19-28(17-22-9-5-15-31-22)26(30)24-10-6-16-32-24/h2-4,6-8,10-12,16,22H,5,9,13-15,17-19H2,1H3/t22-/m0/s1. The van der Waals surface area contributed by atoms with Crippen molar-refractivity contribution in [3.63, 3.8) is 0 Å². The molecule has 0 aliphatic carbocycles. The van der Waals surface area contributed by atoms with E-state index in [1.54, 1.807) is 21.9 Å². The second-order valence-electron chi connectivity index (χ2n) is 8.36. The molecule has 1 atom stereocenters. The Balaban J connectivity index is 1.49. The number of hydrogen-bond donors (Lipinski definition) is 0. The highest BCUT2D eigenvalue weighted by Gasteiger charge is 2.28. The molecule has 4 rings (SSSR count). The summed E-state index contributed by atoms with van der Waals surface area (Å²) >= 11 is 0. The van der Waals surface area contributed by atoms with E-state index in [9.17, 15) is 9.59 Å². The van der Waals surface area contributed by atoms with Gasteiger partial charge in [0.2, 0.25) is 5.91 Å². The smallest absolute Gasteiger partial charge is 0.290 e. The first-order valence-corrected chi connectivity index (χ1v) is 11.4. The average molecular weight is 451 g/mol. The highest BCUT2D eigenvalue weighted by molar-refractivity contribution is 5.94. The summed E-state index contributed by atoms with van der Waals surface area (Å²) in [5, 5.41) is 0. The van der Waals surface area contributed by atoms with Gasteiger partial charge in [-0.3, -0.25) is 9.59 Å². The highest BCUT2D eigenvalue weighted by Crippen LogP contribution is 2.17. The van der Waals surface area contributed by atoms with E-state index in [4.69, 9.17) is 13.6 Å². The van der Waals surface area contributed by atoms with Gasteiger partial charge < -0.3 is 23.4 Å². The summed E-state index contributed by atoms with van der Waals surface area (Å²) in [5.41, 5.74) is 1.15. The van der Waals surface area contributed by atoms with E-state index in [-0.39, 0.29) is 30.2 Å². The van der Waals surface area contributed by atoms with Crippen molar-refractivity contribution in [2.45, 2.75) is 38.8 Å². The van der Waals surface area contributed by atoms with E-state index in [2.05, 4.69) is 0 Å². The van der Waals surface area contributed by atoms with Crippen LogP contribution in [0.4, 0.5) is 0 Å². The summed E-state index contributed by atoms with van der Waals surface area (Å²) in [6, 6.07) is 17.1. The largest absolute Gasteiger partial charge is 0.464 e. The molecule has 3 aromatic rings. The minimum atomic E-state index is -0.305. The van der Waals surface area contributed by atoms with Gasteiger partial charge in [0.1, 0.15) is 18.1 Å². The van der Waals surface area contributed by atoms with Gasteiger partial charge in [0.25, 0.3) is 5.91 Å². The molecular formula is C26H30N2O5. The molecule has 0 radical (unpaired) electrons. The number of amides is 2. The zero-order valence-corrected chi connectivity index (χ0v) is 18.9. The van der Waals surface area contributed by atoms with Gasteiger partial charge in [-0.25, -0.2) is 0 Å². The van der Waals surface area contributed by atoms with E-state index in [0.717, 1.165) is 29.9 Å². The molecule has 3 heterocycles. The molecule has 0 bridgehead atoms. The lowest BCUT2D eigenvalue weighted by Gasteiger charge is -2.28. The molecule has 7 nitrogen and oxygen atoms in total. The van der Waals surface area contributed by atoms with Gasteiger partial charge in [0.05, 0.1) is 18.9 Å². The third kappa shape index (κ3) is 6.35. The van der Waals surface area contributed by atoms with Crippen molar-refractivity contribution < 1.29 is 23.2 Å². The predicted octanol–water partition coefficient (Wildman–Crippen LogP) is 4.07. The van der Waals surface area contributed by atoms with Crippen LogP contribution in [0.5, 0.6) is 0 Å². The van der Waals surface area contributed by atoms with Crippen LogP contribution >= 0.6 is 0 Å². The topological polar surface area (TPSA) is 76.1 Å². The van der Waals surface area contributed by atoms with Crippen molar-refractivity contribution in [3.05, 3.63) is 83.7 Å². The summed E-state index contributed by atoms with van der Waals surface area (Å²) in [4.78, 5) is 29.8. The van der Waals surface area contributed by atoms with Crippen LogP contribution in [0.25, 0.3) is 0 Å². The van der Waals surface area contributed by atoms with E-state index in [1.807, 2.05) is 49.4 Å². The van der Waals surface area contributed by atoms with Crippen LogP contribution in [0, 0.1) is 6.92 Å². The molecule has 2 amide bonds. The Bertz CT molecular complexity index is 1020. The van der Waals surface area contributed by atoms with Crippen molar-refractivity contribution >= 4 is 11.8 Å². The first-order chi connectivity index (χ1) is 16.1. The number of hydrogen-bond acceptors (Lipinski definition) is 5. The lowest BCUT2D eigenvalue weighted by atomic mass is 10.1. The van der Waals surface area contributed by atoms with Gasteiger partial charge in [0.15, 0.2) is 5.76 Å². The average Bonchev–Trinajstić information content (AvgIpc) is 3.60. The Hall–Kier alpha value is -3.32. The Morgan fingerprint density at radius 2 is 1.88 bits per heavy atom. The molecule has 1 fully saturated rings. The van der Waals surface area contributed by atoms with Crippen molar-refractivity contribution in [1.29, 1.82) is 0 Å². The fourth-order valence-corrected chi connectivity index (χ4v) is 4.03. The van der Waals surface area contributed by atoms with Crippen molar-refractivity contribution in [1.82, 2.24) is 9.80 Å². The Kier molecular flexibility index (Phi) is 7.62. The van der Waals surface area contributed by atoms with Gasteiger partial charge in [-0.05, 0) is 56.0 Å². The SMILES string of the molecule is Cc1ccc(CN(CCc2ccccc2)C(=O)CN(C[C@@H]2CCCO2)C(=O)c2ccco2)o1. The number of furan rings is 2. The van der Waals surface area contributed by atoms with Crippen LogP contribution in [-0.4, -0.2) is 54.0 Å². The van der Waals surface area contributed by atoms with Gasteiger partial charge >= 0.3 is 0 Å². The number of benzene rings is 1. The number of carbonyl (C=O) groups excluding carboxylic acids is 2. The van der Waals surface area contributed by atoms with Gasteiger partial charge in [-0.2, -0.15) is 0 Å². The van der Waals surface area contributed by atoms with Crippen LogP contribution in [0.2, 0.25) is 0 Å². The summed E-state index contributed by atoms with van der Waals surface area (Å²) in [5.74, 6) is 1.29. The first kappa shape index (κ1) is 22.9. The molecule has 0 spiro atoms. The lowest BCUT2D eigenvalue weighted by Crippen LogP contribution is -2.45. The van der Waals surface area contributed by atoms with E-state index < -0.39 is 0 Å². The second-order valence-corrected chi connectivity index (χ2v) is 8.36. The second kappa shape index (κ2) is 11.0. The lowest BCUT2D eigenvalue weighted by molar-refractivity contribution is -0.133. The molecule has 0 saturated carbocycles. The van der Waals surface area contributed by atoms with Gasteiger partial charge in [0, 0.05) is 19.7 Å².